The maximum Gasteiger partial charge on any atom is 0.380 e. The number of hydrogen-bond acceptors (Lipinski definition) is 6. The third-order valence-electron chi connectivity index (χ3n) is 6.90. The number of Topliss-reactive ketones (excluding diaryl/α,β-unsaturated/α-hetero) is 1. The van der Waals surface area contributed by atoms with Crippen molar-refractivity contribution >= 4 is 40.2 Å². The van der Waals surface area contributed by atoms with Crippen molar-refractivity contribution < 1.29 is 28.6 Å². The van der Waals surface area contributed by atoms with Crippen molar-refractivity contribution in [3.05, 3.63) is 58.8 Å². The molecule has 33 heavy (non-hydrogen) atoms. The zero-order valence-corrected chi connectivity index (χ0v) is 18.9. The molecule has 0 saturated carbocycles. The highest BCUT2D eigenvalue weighted by molar-refractivity contribution is 6.43. The first kappa shape index (κ1) is 21.9. The van der Waals surface area contributed by atoms with E-state index in [9.17, 15) is 14.4 Å². The van der Waals surface area contributed by atoms with Crippen LogP contribution in [-0.4, -0.2) is 47.1 Å². The molecule has 3 heterocycles. The number of fused-ring (bicyclic) bond motifs is 4. The number of halogens is 1. The van der Waals surface area contributed by atoms with Gasteiger partial charge in [0.05, 0.1) is 11.2 Å². The van der Waals surface area contributed by atoms with E-state index in [-0.39, 0.29) is 41.9 Å². The molecule has 1 aliphatic carbocycles. The Kier molecular flexibility index (Phi) is 5.41. The summed E-state index contributed by atoms with van der Waals surface area (Å²) in [5, 5.41) is 1.05. The lowest BCUT2D eigenvalue weighted by atomic mass is 9.84. The second-order valence-electron chi connectivity index (χ2n) is 9.09. The molecule has 5 rings (SSSR count). The molecule has 1 aromatic heterocycles. The lowest BCUT2D eigenvalue weighted by molar-refractivity contribution is -0.140. The number of esters is 2. The van der Waals surface area contributed by atoms with Gasteiger partial charge in [0.2, 0.25) is 0 Å². The molecule has 2 aromatic rings. The number of ether oxygens (including phenoxy) is 3. The molecule has 4 atom stereocenters. The van der Waals surface area contributed by atoms with Crippen LogP contribution in [0.5, 0.6) is 0 Å². The van der Waals surface area contributed by atoms with Crippen molar-refractivity contribution in [2.75, 3.05) is 6.61 Å². The number of benzene rings is 1. The van der Waals surface area contributed by atoms with Gasteiger partial charge in [-0.15, -0.1) is 0 Å². The highest BCUT2D eigenvalue weighted by Crippen LogP contribution is 2.49. The molecule has 3 aliphatic rings. The fourth-order valence-electron chi connectivity index (χ4n) is 4.87. The zero-order chi connectivity index (χ0) is 23.3. The van der Waals surface area contributed by atoms with E-state index in [1.54, 1.807) is 18.2 Å². The van der Waals surface area contributed by atoms with E-state index >= 15 is 0 Å². The number of nitrogens with one attached hydrogen (secondary N) is 1. The van der Waals surface area contributed by atoms with Crippen molar-refractivity contribution in [3.63, 3.8) is 0 Å². The summed E-state index contributed by atoms with van der Waals surface area (Å²) >= 11 is 6.04. The molecular weight excluding hydrogens is 446 g/mol. The second-order valence-corrected chi connectivity index (χ2v) is 9.53. The molecule has 1 N–H and O–H groups in total. The van der Waals surface area contributed by atoms with Gasteiger partial charge in [-0.3, -0.25) is 4.79 Å². The van der Waals surface area contributed by atoms with Gasteiger partial charge in [-0.25, -0.2) is 9.59 Å². The monoisotopic (exact) mass is 469 g/mol. The smallest absolute Gasteiger partial charge is 0.380 e. The molecule has 7 nitrogen and oxygen atoms in total. The molecule has 172 valence electrons. The van der Waals surface area contributed by atoms with Gasteiger partial charge in [0.25, 0.3) is 5.78 Å². The summed E-state index contributed by atoms with van der Waals surface area (Å²) in [5.74, 6) is -2.16. The number of carbonyl (C=O) groups is 3. The SMILES string of the molecule is C=C1C(=O)O[C@H]2[C@H]1CC/C(COC(=O)C(=O)c1c[nH]c3ccc(Cl)cc13)=C\CC[C@@]1(C)O[C@@H]21. The maximum atomic E-state index is 12.7. The number of carbonyl (C=O) groups excluding carboxylic acids is 3. The van der Waals surface area contributed by atoms with Crippen LogP contribution in [0.3, 0.4) is 0 Å². The van der Waals surface area contributed by atoms with Gasteiger partial charge < -0.3 is 19.2 Å². The minimum absolute atomic E-state index is 0.00729. The Labute approximate surface area is 195 Å². The molecule has 1 aromatic carbocycles. The summed E-state index contributed by atoms with van der Waals surface area (Å²) in [7, 11) is 0. The van der Waals surface area contributed by atoms with Gasteiger partial charge in [-0.1, -0.05) is 24.3 Å². The number of H-pyrrole nitrogens is 1. The third kappa shape index (κ3) is 4.00. The van der Waals surface area contributed by atoms with Crippen LogP contribution in [0, 0.1) is 5.92 Å². The van der Waals surface area contributed by atoms with E-state index in [2.05, 4.69) is 11.6 Å². The molecule has 2 saturated heterocycles. The van der Waals surface area contributed by atoms with Crippen LogP contribution in [0.1, 0.15) is 43.0 Å². The molecule has 0 unspecified atom stereocenters. The third-order valence-corrected chi connectivity index (χ3v) is 7.14. The number of allylic oxidation sites excluding steroid dienone is 1. The highest BCUT2D eigenvalue weighted by atomic mass is 35.5. The van der Waals surface area contributed by atoms with E-state index in [0.29, 0.717) is 34.3 Å². The topological polar surface area (TPSA) is 98.0 Å². The van der Waals surface area contributed by atoms with Crippen molar-refractivity contribution in [2.24, 2.45) is 5.92 Å². The Bertz CT molecular complexity index is 1210. The van der Waals surface area contributed by atoms with Gasteiger partial charge >= 0.3 is 11.9 Å². The van der Waals surface area contributed by atoms with Crippen LogP contribution < -0.4 is 0 Å². The number of aromatic nitrogens is 1. The Hall–Kier alpha value is -2.90. The van der Waals surface area contributed by atoms with E-state index in [0.717, 1.165) is 18.4 Å². The molecule has 2 aliphatic heterocycles. The van der Waals surface area contributed by atoms with Gasteiger partial charge in [-0.05, 0) is 56.4 Å². The Morgan fingerprint density at radius 1 is 1.36 bits per heavy atom. The van der Waals surface area contributed by atoms with Crippen LogP contribution in [0.4, 0.5) is 0 Å². The van der Waals surface area contributed by atoms with E-state index in [1.165, 1.54) is 6.20 Å². The van der Waals surface area contributed by atoms with E-state index < -0.39 is 11.8 Å². The zero-order valence-electron chi connectivity index (χ0n) is 18.2. The van der Waals surface area contributed by atoms with Gasteiger partial charge in [-0.2, -0.15) is 0 Å². The fraction of sp³-hybridized carbons (Fsp3) is 0.400. The maximum absolute atomic E-state index is 12.7. The molecule has 0 amide bonds. The molecule has 2 fully saturated rings. The first-order chi connectivity index (χ1) is 15.8. The van der Waals surface area contributed by atoms with Gasteiger partial charge in [0.1, 0.15) is 18.8 Å². The van der Waals surface area contributed by atoms with Gasteiger partial charge in [0, 0.05) is 33.6 Å². The molecular formula is C25H24ClNO6. The first-order valence-corrected chi connectivity index (χ1v) is 11.4. The quantitative estimate of drug-likeness (QED) is 0.179. The van der Waals surface area contributed by atoms with Crippen LogP contribution >= 0.6 is 11.6 Å². The van der Waals surface area contributed by atoms with Crippen molar-refractivity contribution in [1.82, 2.24) is 4.98 Å². The Morgan fingerprint density at radius 3 is 3.00 bits per heavy atom. The molecule has 0 spiro atoms. The van der Waals surface area contributed by atoms with Crippen LogP contribution in [0.15, 0.2) is 48.2 Å². The molecule has 0 bridgehead atoms. The number of rotatable bonds is 4. The summed E-state index contributed by atoms with van der Waals surface area (Å²) in [4.78, 5) is 40.3. The standard InChI is InChI=1S/C25H24ClNO6/c1-13-16-7-5-14(4-3-9-25(2)22(33-25)21(16)32-23(13)29)12-31-24(30)20(28)18-11-27-19-8-6-15(26)10-17(18)19/h4,6,8,10-11,16,21-22,27H,1,3,5,7,9,12H2,2H3/b14-4+/t16-,21-,22-,25+/m0/s1. The minimum atomic E-state index is -0.923. The predicted octanol–water partition coefficient (Wildman–Crippen LogP) is 4.30. The molecule has 0 radical (unpaired) electrons. The second kappa shape index (κ2) is 8.15. The van der Waals surface area contributed by atoms with Gasteiger partial charge in [0.15, 0.2) is 0 Å². The lowest BCUT2D eigenvalue weighted by Gasteiger charge is -2.20. The highest BCUT2D eigenvalue weighted by Gasteiger charge is 2.61. The minimum Gasteiger partial charge on any atom is -0.455 e. The van der Waals surface area contributed by atoms with Crippen LogP contribution in [0.25, 0.3) is 10.9 Å². The number of hydrogen-bond donors (Lipinski definition) is 1. The van der Waals surface area contributed by atoms with E-state index in [4.69, 9.17) is 25.8 Å². The first-order valence-electron chi connectivity index (χ1n) is 11.0. The van der Waals surface area contributed by atoms with Crippen LogP contribution in [0.2, 0.25) is 5.02 Å². The normalized spacial score (nSPS) is 30.6. The Balaban J connectivity index is 1.27. The Morgan fingerprint density at radius 2 is 2.18 bits per heavy atom. The van der Waals surface area contributed by atoms with E-state index in [1.807, 2.05) is 13.0 Å². The van der Waals surface area contributed by atoms with Crippen molar-refractivity contribution in [1.29, 1.82) is 0 Å². The predicted molar refractivity (Wildman–Crippen MR) is 121 cm³/mol. The summed E-state index contributed by atoms with van der Waals surface area (Å²) in [6, 6.07) is 5.09. The lowest BCUT2D eigenvalue weighted by Crippen LogP contribution is -2.29. The number of ketones is 1. The summed E-state index contributed by atoms with van der Waals surface area (Å²) in [5.41, 5.74) is 1.95. The summed E-state index contributed by atoms with van der Waals surface area (Å²) < 4.78 is 16.8. The summed E-state index contributed by atoms with van der Waals surface area (Å²) in [6.07, 6.45) is 5.82. The van der Waals surface area contributed by atoms with Crippen LogP contribution in [-0.2, 0) is 23.8 Å². The fourth-order valence-corrected chi connectivity index (χ4v) is 5.04. The average Bonchev–Trinajstić information content (AvgIpc) is 3.14. The average molecular weight is 470 g/mol. The number of aromatic amines is 1. The molecule has 8 heteroatoms. The summed E-state index contributed by atoms with van der Waals surface area (Å²) in [6.45, 7) is 5.94. The van der Waals surface area contributed by atoms with Crippen molar-refractivity contribution in [2.45, 2.75) is 50.4 Å². The number of epoxide rings is 1. The largest absolute Gasteiger partial charge is 0.455 e. The van der Waals surface area contributed by atoms with Crippen molar-refractivity contribution in [3.8, 4) is 0 Å².